The van der Waals surface area contributed by atoms with E-state index in [1.54, 1.807) is 7.11 Å². The third-order valence-corrected chi connectivity index (χ3v) is 3.98. The average Bonchev–Trinajstić information content (AvgIpc) is 1.87. The normalized spacial score (nSPS) is 12.0. The zero-order chi connectivity index (χ0) is 6.62. The molecule has 0 aromatic heterocycles. The first kappa shape index (κ1) is 8.35. The van der Waals surface area contributed by atoms with Gasteiger partial charge < -0.3 is 0 Å². The molecule has 8 heavy (non-hydrogen) atoms. The quantitative estimate of drug-likeness (QED) is 0.597. The summed E-state index contributed by atoms with van der Waals surface area (Å²) in [5.74, 6) is 0. The van der Waals surface area contributed by atoms with Gasteiger partial charge in [0.25, 0.3) is 7.72 Å². The molecule has 0 radical (unpaired) electrons. The van der Waals surface area contributed by atoms with Gasteiger partial charge in [-0.2, -0.15) is 0 Å². The molecule has 0 saturated carbocycles. The predicted octanol–water partition coefficient (Wildman–Crippen LogP) is 1.51. The van der Waals surface area contributed by atoms with Crippen molar-refractivity contribution in [1.29, 1.82) is 0 Å². The maximum atomic E-state index is 9.33. The van der Waals surface area contributed by atoms with Crippen LogP contribution in [0.15, 0.2) is 0 Å². The second kappa shape index (κ2) is 3.39. The SMILES string of the molecule is CC[P+](O)(CC)OC. The van der Waals surface area contributed by atoms with Gasteiger partial charge in [0, 0.05) is 0 Å². The lowest BCUT2D eigenvalue weighted by Crippen LogP contribution is -1.99. The first-order chi connectivity index (χ1) is 3.68. The lowest BCUT2D eigenvalue weighted by atomic mass is 11.0. The number of hydrogen-bond acceptors (Lipinski definition) is 2. The molecule has 0 aliphatic rings. The Labute approximate surface area is 51.4 Å². The predicted molar refractivity (Wildman–Crippen MR) is 37.2 cm³/mol. The largest absolute Gasteiger partial charge is 0.270 e. The molecule has 0 fully saturated rings. The zero-order valence-electron chi connectivity index (χ0n) is 5.72. The molecule has 0 amide bonds. The highest BCUT2D eigenvalue weighted by Gasteiger charge is 2.30. The lowest BCUT2D eigenvalue weighted by Gasteiger charge is -2.11. The van der Waals surface area contributed by atoms with Gasteiger partial charge in [-0.15, -0.1) is 0 Å². The summed E-state index contributed by atoms with van der Waals surface area (Å²) in [6.45, 7) is 3.89. The van der Waals surface area contributed by atoms with Crippen LogP contribution in [0.5, 0.6) is 0 Å². The van der Waals surface area contributed by atoms with Crippen molar-refractivity contribution in [1.82, 2.24) is 0 Å². The molecule has 2 nitrogen and oxygen atoms in total. The number of rotatable bonds is 3. The highest BCUT2D eigenvalue weighted by atomic mass is 31.2. The van der Waals surface area contributed by atoms with Crippen molar-refractivity contribution in [2.24, 2.45) is 0 Å². The Morgan fingerprint density at radius 2 is 1.75 bits per heavy atom. The summed E-state index contributed by atoms with van der Waals surface area (Å²) in [6, 6.07) is 0. The third kappa shape index (κ3) is 2.08. The third-order valence-electron chi connectivity index (χ3n) is 1.33. The van der Waals surface area contributed by atoms with Crippen molar-refractivity contribution in [2.75, 3.05) is 19.4 Å². The minimum absolute atomic E-state index is 0.764. The Morgan fingerprint density at radius 1 is 1.38 bits per heavy atom. The fourth-order valence-electron chi connectivity index (χ4n) is 0.482. The van der Waals surface area contributed by atoms with Gasteiger partial charge in [0.2, 0.25) is 0 Å². The zero-order valence-corrected chi connectivity index (χ0v) is 6.61. The van der Waals surface area contributed by atoms with Gasteiger partial charge in [0.15, 0.2) is 0 Å². The maximum Gasteiger partial charge on any atom is 0.270 e. The second-order valence-corrected chi connectivity index (χ2v) is 4.98. The van der Waals surface area contributed by atoms with Gasteiger partial charge in [-0.05, 0) is 13.8 Å². The van der Waals surface area contributed by atoms with Crippen LogP contribution < -0.4 is 0 Å². The highest BCUT2D eigenvalue weighted by Crippen LogP contribution is 2.53. The van der Waals surface area contributed by atoms with E-state index in [0.29, 0.717) is 0 Å². The molecule has 0 spiro atoms. The van der Waals surface area contributed by atoms with Gasteiger partial charge in [0.05, 0.1) is 7.11 Å². The van der Waals surface area contributed by atoms with Crippen LogP contribution in [0.25, 0.3) is 0 Å². The summed E-state index contributed by atoms with van der Waals surface area (Å²) >= 11 is 0. The second-order valence-electron chi connectivity index (χ2n) is 1.66. The van der Waals surface area contributed by atoms with Crippen molar-refractivity contribution in [3.05, 3.63) is 0 Å². The van der Waals surface area contributed by atoms with E-state index in [2.05, 4.69) is 0 Å². The lowest BCUT2D eigenvalue weighted by molar-refractivity contribution is 0.367. The molecule has 3 heteroatoms. The molecule has 1 N–H and O–H groups in total. The topological polar surface area (TPSA) is 29.5 Å². The summed E-state index contributed by atoms with van der Waals surface area (Å²) in [5, 5.41) is 0. The first-order valence-electron chi connectivity index (χ1n) is 2.84. The van der Waals surface area contributed by atoms with E-state index in [1.807, 2.05) is 13.8 Å². The van der Waals surface area contributed by atoms with Crippen molar-refractivity contribution in [3.8, 4) is 0 Å². The Kier molecular flexibility index (Phi) is 3.54. The maximum absolute atomic E-state index is 9.33. The summed E-state index contributed by atoms with van der Waals surface area (Å²) < 4.78 is 4.90. The minimum atomic E-state index is -1.91. The summed E-state index contributed by atoms with van der Waals surface area (Å²) in [7, 11) is -0.342. The average molecular weight is 137 g/mol. The van der Waals surface area contributed by atoms with E-state index in [4.69, 9.17) is 4.52 Å². The molecule has 0 atom stereocenters. The summed E-state index contributed by atoms with van der Waals surface area (Å²) in [5.41, 5.74) is 0. The van der Waals surface area contributed by atoms with Gasteiger partial charge in [-0.25, -0.2) is 9.42 Å². The van der Waals surface area contributed by atoms with E-state index in [0.717, 1.165) is 12.3 Å². The fraction of sp³-hybridized carbons (Fsp3) is 1.00. The Bertz CT molecular complexity index is 53.2. The Hall–Kier alpha value is 0.350. The number of hydrogen-bond donors (Lipinski definition) is 1. The molecule has 0 saturated heterocycles. The van der Waals surface area contributed by atoms with Crippen LogP contribution in [-0.4, -0.2) is 24.3 Å². The van der Waals surface area contributed by atoms with E-state index in [-0.39, 0.29) is 0 Å². The van der Waals surface area contributed by atoms with E-state index >= 15 is 0 Å². The summed E-state index contributed by atoms with van der Waals surface area (Å²) in [6.07, 6.45) is 1.53. The highest BCUT2D eigenvalue weighted by molar-refractivity contribution is 7.65. The van der Waals surface area contributed by atoms with Crippen LogP contribution in [0, 0.1) is 0 Å². The van der Waals surface area contributed by atoms with Crippen LogP contribution in [0.1, 0.15) is 13.8 Å². The standard InChI is InChI=1S/C5H14O2P/c1-4-8(6,5-2)7-3/h6H,4-5H2,1-3H3/q+1. The molecule has 0 aromatic rings. The van der Waals surface area contributed by atoms with Crippen LogP contribution in [0.4, 0.5) is 0 Å². The van der Waals surface area contributed by atoms with Crippen LogP contribution >= 0.6 is 7.72 Å². The van der Waals surface area contributed by atoms with Crippen molar-refractivity contribution >= 4 is 7.72 Å². The van der Waals surface area contributed by atoms with Crippen LogP contribution in [-0.2, 0) is 4.52 Å². The Morgan fingerprint density at radius 3 is 1.75 bits per heavy atom. The summed E-state index contributed by atoms with van der Waals surface area (Å²) in [4.78, 5) is 9.33. The molecular weight excluding hydrogens is 123 g/mol. The molecule has 0 aliphatic heterocycles. The van der Waals surface area contributed by atoms with E-state index in [9.17, 15) is 4.89 Å². The molecule has 0 unspecified atom stereocenters. The van der Waals surface area contributed by atoms with Crippen LogP contribution in [0.3, 0.4) is 0 Å². The molecule has 50 valence electrons. The van der Waals surface area contributed by atoms with Gasteiger partial charge in [-0.1, -0.05) is 0 Å². The first-order valence-corrected chi connectivity index (χ1v) is 4.87. The molecule has 0 rings (SSSR count). The molecule has 0 aromatic carbocycles. The monoisotopic (exact) mass is 137 g/mol. The Balaban J connectivity index is 3.58. The smallest absolute Gasteiger partial charge is 0.220 e. The van der Waals surface area contributed by atoms with Crippen molar-refractivity contribution < 1.29 is 9.42 Å². The van der Waals surface area contributed by atoms with E-state index in [1.165, 1.54) is 0 Å². The van der Waals surface area contributed by atoms with Crippen LogP contribution in [0.2, 0.25) is 0 Å². The molecule has 0 bridgehead atoms. The molecular formula is C5H14O2P+. The fourth-order valence-corrected chi connectivity index (χ4v) is 1.45. The van der Waals surface area contributed by atoms with E-state index < -0.39 is 7.72 Å². The minimum Gasteiger partial charge on any atom is -0.220 e. The van der Waals surface area contributed by atoms with Gasteiger partial charge in [0.1, 0.15) is 12.3 Å². The molecule has 0 aliphatic carbocycles. The van der Waals surface area contributed by atoms with Crippen molar-refractivity contribution in [3.63, 3.8) is 0 Å². The van der Waals surface area contributed by atoms with Crippen molar-refractivity contribution in [2.45, 2.75) is 13.8 Å². The van der Waals surface area contributed by atoms with Gasteiger partial charge in [-0.3, -0.25) is 0 Å². The van der Waals surface area contributed by atoms with Gasteiger partial charge >= 0.3 is 0 Å². The molecule has 0 heterocycles.